The van der Waals surface area contributed by atoms with Gasteiger partial charge in [-0.3, -0.25) is 4.79 Å². The highest BCUT2D eigenvalue weighted by Crippen LogP contribution is 1.74. The van der Waals surface area contributed by atoms with Crippen LogP contribution in [-0.2, 0) is 4.79 Å². The zero-order valence-corrected chi connectivity index (χ0v) is 4.64. The molecule has 0 unspecified atom stereocenters. The lowest BCUT2D eigenvalue weighted by Crippen LogP contribution is -2.18. The summed E-state index contributed by atoms with van der Waals surface area (Å²) in [7, 11) is 3.37. The van der Waals surface area contributed by atoms with Crippen molar-refractivity contribution in [2.24, 2.45) is 0 Å². The molecule has 0 radical (unpaired) electrons. The minimum Gasteiger partial charge on any atom is -0.345 e. The quantitative estimate of drug-likeness (QED) is 0.436. The Bertz CT molecular complexity index is 90.4. The molecule has 0 aromatic rings. The third-order valence-electron chi connectivity index (χ3n) is 0.615. The summed E-state index contributed by atoms with van der Waals surface area (Å²) in [6, 6.07) is 0. The van der Waals surface area contributed by atoms with E-state index in [2.05, 4.69) is 6.58 Å². The lowest BCUT2D eigenvalue weighted by molar-refractivity contribution is -0.123. The van der Waals surface area contributed by atoms with Gasteiger partial charge in [0.2, 0.25) is 5.91 Å². The summed E-state index contributed by atoms with van der Waals surface area (Å²) in [5.41, 5.74) is 0. The summed E-state index contributed by atoms with van der Waals surface area (Å²) in [6.07, 6.45) is 1.28. The second kappa shape index (κ2) is 2.39. The molecule has 2 heteroatoms. The first kappa shape index (κ1) is 6.21. The largest absolute Gasteiger partial charge is 1.00 e. The summed E-state index contributed by atoms with van der Waals surface area (Å²) in [6.45, 7) is 3.29. The number of carbonyl (C=O) groups is 1. The van der Waals surface area contributed by atoms with E-state index in [1.165, 1.54) is 11.0 Å². The summed E-state index contributed by atoms with van der Waals surface area (Å²) < 4.78 is 0. The Morgan fingerprint density at radius 1 is 1.86 bits per heavy atom. The van der Waals surface area contributed by atoms with E-state index in [1.807, 2.05) is 0 Å². The van der Waals surface area contributed by atoms with Crippen LogP contribution in [0.1, 0.15) is 1.43 Å². The van der Waals surface area contributed by atoms with Crippen molar-refractivity contribution in [3.63, 3.8) is 0 Å². The molecule has 0 atom stereocenters. The molecule has 2 nitrogen and oxygen atoms in total. The first-order chi connectivity index (χ1) is 3.18. The van der Waals surface area contributed by atoms with Gasteiger partial charge in [-0.1, -0.05) is 6.58 Å². The van der Waals surface area contributed by atoms with Gasteiger partial charge < -0.3 is 4.90 Å². The fraction of sp³-hybridized carbons (Fsp3) is 0.400. The van der Waals surface area contributed by atoms with Crippen LogP contribution in [0.15, 0.2) is 12.7 Å². The molecular weight excluding hydrogens is 90.1 g/mol. The predicted molar refractivity (Wildman–Crippen MR) is 30.0 cm³/mol. The smallest absolute Gasteiger partial charge is 0.345 e. The van der Waals surface area contributed by atoms with Gasteiger partial charge in [0, 0.05) is 14.1 Å². The lowest BCUT2D eigenvalue weighted by Gasteiger charge is -2.03. The molecule has 0 N–H and O–H groups in total. The van der Waals surface area contributed by atoms with Crippen molar-refractivity contribution < 1.29 is 6.22 Å². The van der Waals surface area contributed by atoms with Gasteiger partial charge in [-0.25, -0.2) is 0 Å². The van der Waals surface area contributed by atoms with Gasteiger partial charge in [0.1, 0.15) is 0 Å². The average Bonchev–Trinajstić information content (AvgIpc) is 1.65. The Morgan fingerprint density at radius 2 is 2.29 bits per heavy atom. The second-order valence-electron chi connectivity index (χ2n) is 1.44. The van der Waals surface area contributed by atoms with Crippen molar-refractivity contribution in [3.8, 4) is 0 Å². The molecule has 0 rings (SSSR count). The highest BCUT2D eigenvalue weighted by molar-refractivity contribution is 5.86. The minimum atomic E-state index is -0.0556. The van der Waals surface area contributed by atoms with Crippen molar-refractivity contribution in [3.05, 3.63) is 12.7 Å². The van der Waals surface area contributed by atoms with Crippen LogP contribution in [0.2, 0.25) is 0 Å². The normalized spacial score (nSPS) is 7.71. The zero-order chi connectivity index (χ0) is 5.86. The summed E-state index contributed by atoms with van der Waals surface area (Å²) in [5, 5.41) is 0. The predicted octanol–water partition coefficient (Wildman–Crippen LogP) is 0.373. The maximum Gasteiger partial charge on any atom is 1.00 e. The maximum atomic E-state index is 10.3. The third kappa shape index (κ3) is 1.98. The summed E-state index contributed by atoms with van der Waals surface area (Å²) in [5.74, 6) is -0.0556. The molecule has 0 fully saturated rings. The molecule has 0 aliphatic rings. The molecular formula is C5H10NO+. The van der Waals surface area contributed by atoms with Gasteiger partial charge in [0.25, 0.3) is 0 Å². The van der Waals surface area contributed by atoms with Crippen LogP contribution in [0, 0.1) is 0 Å². The van der Waals surface area contributed by atoms with Crippen LogP contribution in [0.3, 0.4) is 0 Å². The van der Waals surface area contributed by atoms with Gasteiger partial charge >= 0.3 is 1.43 Å². The number of hydrogen-bond donors (Lipinski definition) is 0. The first-order valence-corrected chi connectivity index (χ1v) is 2.02. The van der Waals surface area contributed by atoms with Crippen LogP contribution in [0.4, 0.5) is 0 Å². The topological polar surface area (TPSA) is 20.3 Å². The lowest BCUT2D eigenvalue weighted by atomic mass is 10.5. The van der Waals surface area contributed by atoms with Gasteiger partial charge in [-0.05, 0) is 6.08 Å². The zero-order valence-electron chi connectivity index (χ0n) is 5.64. The molecule has 7 heavy (non-hydrogen) atoms. The van der Waals surface area contributed by atoms with Crippen LogP contribution in [-0.4, -0.2) is 24.9 Å². The summed E-state index contributed by atoms with van der Waals surface area (Å²) >= 11 is 0. The molecule has 0 saturated heterocycles. The SMILES string of the molecule is C=CC(=O)N(C)C.[H+]. The fourth-order valence-electron chi connectivity index (χ4n) is 0.183. The van der Waals surface area contributed by atoms with E-state index < -0.39 is 0 Å². The van der Waals surface area contributed by atoms with E-state index in [9.17, 15) is 4.79 Å². The number of hydrogen-bond acceptors (Lipinski definition) is 1. The van der Waals surface area contributed by atoms with E-state index in [4.69, 9.17) is 0 Å². The van der Waals surface area contributed by atoms with Crippen molar-refractivity contribution >= 4 is 5.91 Å². The van der Waals surface area contributed by atoms with Gasteiger partial charge in [-0.15, -0.1) is 0 Å². The van der Waals surface area contributed by atoms with E-state index in [0.717, 1.165) is 0 Å². The van der Waals surface area contributed by atoms with Gasteiger partial charge in [-0.2, -0.15) is 0 Å². The average molecular weight is 100 g/mol. The Morgan fingerprint density at radius 3 is 2.29 bits per heavy atom. The first-order valence-electron chi connectivity index (χ1n) is 2.02. The van der Waals surface area contributed by atoms with E-state index in [-0.39, 0.29) is 7.33 Å². The molecule has 40 valence electrons. The van der Waals surface area contributed by atoms with Crippen LogP contribution in [0.5, 0.6) is 0 Å². The Labute approximate surface area is 44.9 Å². The number of rotatable bonds is 1. The maximum absolute atomic E-state index is 10.3. The molecule has 1 amide bonds. The van der Waals surface area contributed by atoms with Crippen LogP contribution in [0.25, 0.3) is 0 Å². The number of nitrogens with zero attached hydrogens (tertiary/aromatic N) is 1. The number of amides is 1. The molecule has 0 aliphatic carbocycles. The molecule has 0 aliphatic heterocycles. The van der Waals surface area contributed by atoms with Crippen molar-refractivity contribution in [2.45, 2.75) is 0 Å². The third-order valence-corrected chi connectivity index (χ3v) is 0.615. The highest BCUT2D eigenvalue weighted by Gasteiger charge is 1.91. The van der Waals surface area contributed by atoms with Crippen LogP contribution >= 0.6 is 0 Å². The van der Waals surface area contributed by atoms with Crippen LogP contribution < -0.4 is 0 Å². The Balaban J connectivity index is 0. The number of likely N-dealkylation sites (N-methyl/N-ethyl adjacent to an activating group) is 1. The Kier molecular flexibility index (Phi) is 2.12. The summed E-state index contributed by atoms with van der Waals surface area (Å²) in [4.78, 5) is 11.8. The van der Waals surface area contributed by atoms with E-state index >= 15 is 0 Å². The van der Waals surface area contributed by atoms with E-state index in [1.54, 1.807) is 14.1 Å². The molecule has 0 heterocycles. The number of carbonyl (C=O) groups excluding carboxylic acids is 1. The van der Waals surface area contributed by atoms with Gasteiger partial charge in [0.15, 0.2) is 0 Å². The second-order valence-corrected chi connectivity index (χ2v) is 1.44. The molecule has 0 saturated carbocycles. The fourth-order valence-corrected chi connectivity index (χ4v) is 0.183. The highest BCUT2D eigenvalue weighted by atomic mass is 16.2. The standard InChI is InChI=1S/C5H9NO/c1-4-5(7)6(2)3/h4H,1H2,2-3H3/p+1. The van der Waals surface area contributed by atoms with E-state index in [0.29, 0.717) is 0 Å². The monoisotopic (exact) mass is 100 g/mol. The molecule has 0 aromatic carbocycles. The van der Waals surface area contributed by atoms with Crippen molar-refractivity contribution in [1.29, 1.82) is 0 Å². The minimum absolute atomic E-state index is 0. The molecule has 0 spiro atoms. The van der Waals surface area contributed by atoms with Gasteiger partial charge in [0.05, 0.1) is 0 Å². The Hall–Kier alpha value is -0.790. The molecule has 0 bridgehead atoms. The van der Waals surface area contributed by atoms with Crippen molar-refractivity contribution in [2.75, 3.05) is 14.1 Å². The molecule has 0 aromatic heterocycles. The van der Waals surface area contributed by atoms with Crippen molar-refractivity contribution in [1.82, 2.24) is 4.90 Å².